The first-order valence-corrected chi connectivity index (χ1v) is 12.2. The van der Waals surface area contributed by atoms with Gasteiger partial charge < -0.3 is 4.90 Å². The Morgan fingerprint density at radius 2 is 1.63 bits per heavy atom. The number of nitrogens with zero attached hydrogens (tertiary/aromatic N) is 2. The first-order valence-electron chi connectivity index (χ1n) is 9.64. The normalized spacial score (nSPS) is 15.6. The molecule has 0 radical (unpaired) electrons. The minimum Gasteiger partial charge on any atom is -0.342 e. The van der Waals surface area contributed by atoms with Crippen molar-refractivity contribution in [2.24, 2.45) is 5.92 Å². The van der Waals surface area contributed by atoms with Crippen LogP contribution in [0.5, 0.6) is 0 Å². The van der Waals surface area contributed by atoms with Crippen molar-refractivity contribution in [3.8, 4) is 0 Å². The third-order valence-electron chi connectivity index (χ3n) is 5.26. The summed E-state index contributed by atoms with van der Waals surface area (Å²) < 4.78 is 27.8. The highest BCUT2D eigenvalue weighted by molar-refractivity contribution is 7.89. The maximum Gasteiger partial charge on any atom is 0.243 e. The molecular weight excluding hydrogens is 467 g/mol. The molecule has 0 saturated carbocycles. The number of halogens is 3. The molecule has 1 saturated heterocycles. The fourth-order valence-corrected chi connectivity index (χ4v) is 5.29. The van der Waals surface area contributed by atoms with Crippen LogP contribution < -0.4 is 0 Å². The van der Waals surface area contributed by atoms with Crippen molar-refractivity contribution >= 4 is 50.7 Å². The minimum absolute atomic E-state index is 0.0447. The Bertz CT molecular complexity index is 1000. The molecule has 1 fully saturated rings. The second-order valence-corrected chi connectivity index (χ2v) is 10.7. The molecule has 0 bridgehead atoms. The van der Waals surface area contributed by atoms with Gasteiger partial charge in [-0.25, -0.2) is 8.42 Å². The number of amides is 1. The largest absolute Gasteiger partial charge is 0.342 e. The van der Waals surface area contributed by atoms with E-state index in [-0.39, 0.29) is 23.9 Å². The van der Waals surface area contributed by atoms with Gasteiger partial charge >= 0.3 is 0 Å². The first-order chi connectivity index (χ1) is 14.2. The SMILES string of the molecule is CC1CCN(C(=O)CN(Cc2ccc(Cl)cc2Cl)S(=O)(=O)c2ccc(Cl)cc2)CC1. The Kier molecular flexibility index (Phi) is 7.69. The summed E-state index contributed by atoms with van der Waals surface area (Å²) in [5, 5.41) is 1.23. The third kappa shape index (κ3) is 5.68. The van der Waals surface area contributed by atoms with Crippen molar-refractivity contribution in [3.05, 3.63) is 63.1 Å². The van der Waals surface area contributed by atoms with Crippen molar-refractivity contribution in [1.82, 2.24) is 9.21 Å². The monoisotopic (exact) mass is 488 g/mol. The molecule has 2 aromatic rings. The van der Waals surface area contributed by atoms with Crippen LogP contribution in [0.4, 0.5) is 0 Å². The van der Waals surface area contributed by atoms with Gasteiger partial charge in [0.1, 0.15) is 0 Å². The summed E-state index contributed by atoms with van der Waals surface area (Å²) in [5.41, 5.74) is 0.568. The quantitative estimate of drug-likeness (QED) is 0.567. The Morgan fingerprint density at radius 3 is 2.23 bits per heavy atom. The first kappa shape index (κ1) is 23.4. The van der Waals surface area contributed by atoms with E-state index in [4.69, 9.17) is 34.8 Å². The van der Waals surface area contributed by atoms with E-state index < -0.39 is 10.0 Å². The Labute approximate surface area is 192 Å². The van der Waals surface area contributed by atoms with Gasteiger partial charge in [-0.15, -0.1) is 0 Å². The Hall–Kier alpha value is -1.31. The van der Waals surface area contributed by atoms with Crippen LogP contribution in [-0.4, -0.2) is 43.2 Å². The number of hydrogen-bond donors (Lipinski definition) is 0. The van der Waals surface area contributed by atoms with Crippen LogP contribution in [0.25, 0.3) is 0 Å². The molecule has 1 aliphatic heterocycles. The van der Waals surface area contributed by atoms with Crippen molar-refractivity contribution in [2.75, 3.05) is 19.6 Å². The summed E-state index contributed by atoms with van der Waals surface area (Å²) in [4.78, 5) is 14.7. The molecule has 2 aromatic carbocycles. The van der Waals surface area contributed by atoms with Gasteiger partial charge in [0, 0.05) is 34.7 Å². The molecule has 1 heterocycles. The summed E-state index contributed by atoms with van der Waals surface area (Å²) in [6, 6.07) is 10.7. The van der Waals surface area contributed by atoms with Gasteiger partial charge in [0.15, 0.2) is 0 Å². The second-order valence-electron chi connectivity index (χ2n) is 7.53. The summed E-state index contributed by atoms with van der Waals surface area (Å²) in [6.45, 7) is 3.12. The maximum atomic E-state index is 13.3. The molecular formula is C21H23Cl3N2O3S. The molecule has 0 N–H and O–H groups in total. The van der Waals surface area contributed by atoms with E-state index in [0.29, 0.717) is 39.6 Å². The van der Waals surface area contributed by atoms with Gasteiger partial charge in [-0.05, 0) is 60.7 Å². The predicted octanol–water partition coefficient (Wildman–Crippen LogP) is 5.10. The molecule has 3 rings (SSSR count). The molecule has 9 heteroatoms. The Morgan fingerprint density at radius 1 is 1.03 bits per heavy atom. The molecule has 1 aliphatic rings. The van der Waals surface area contributed by atoms with Crippen molar-refractivity contribution in [1.29, 1.82) is 0 Å². The average Bonchev–Trinajstić information content (AvgIpc) is 2.70. The fraction of sp³-hybridized carbons (Fsp3) is 0.381. The number of likely N-dealkylation sites (tertiary alicyclic amines) is 1. The van der Waals surface area contributed by atoms with E-state index in [1.807, 2.05) is 0 Å². The lowest BCUT2D eigenvalue weighted by atomic mass is 9.99. The molecule has 1 amide bonds. The zero-order valence-corrected chi connectivity index (χ0v) is 19.6. The van der Waals surface area contributed by atoms with Gasteiger partial charge in [-0.1, -0.05) is 47.8 Å². The topological polar surface area (TPSA) is 57.7 Å². The zero-order chi connectivity index (χ0) is 21.9. The molecule has 30 heavy (non-hydrogen) atoms. The smallest absolute Gasteiger partial charge is 0.243 e. The summed E-state index contributed by atoms with van der Waals surface area (Å²) >= 11 is 18.1. The summed E-state index contributed by atoms with van der Waals surface area (Å²) in [7, 11) is -3.95. The standard InChI is InChI=1S/C21H23Cl3N2O3S/c1-15-8-10-25(11-9-15)21(27)14-26(13-16-2-3-18(23)12-20(16)24)30(28,29)19-6-4-17(22)5-7-19/h2-7,12,15H,8-11,13-14H2,1H3. The fourth-order valence-electron chi connectivity index (χ4n) is 3.33. The van der Waals surface area contributed by atoms with Crippen molar-refractivity contribution in [2.45, 2.75) is 31.2 Å². The average molecular weight is 490 g/mol. The van der Waals surface area contributed by atoms with Crippen LogP contribution in [0.1, 0.15) is 25.3 Å². The van der Waals surface area contributed by atoms with Crippen LogP contribution in [0.15, 0.2) is 47.4 Å². The van der Waals surface area contributed by atoms with Crippen LogP contribution >= 0.6 is 34.8 Å². The zero-order valence-electron chi connectivity index (χ0n) is 16.5. The number of carbonyl (C=O) groups excluding carboxylic acids is 1. The number of sulfonamides is 1. The van der Waals surface area contributed by atoms with E-state index in [9.17, 15) is 13.2 Å². The van der Waals surface area contributed by atoms with Gasteiger partial charge in [0.05, 0.1) is 11.4 Å². The van der Waals surface area contributed by atoms with Crippen molar-refractivity contribution < 1.29 is 13.2 Å². The summed E-state index contributed by atoms with van der Waals surface area (Å²) in [6.07, 6.45) is 1.83. The Balaban J connectivity index is 1.89. The highest BCUT2D eigenvalue weighted by Gasteiger charge is 2.30. The number of benzene rings is 2. The summed E-state index contributed by atoms with van der Waals surface area (Å²) in [5.74, 6) is 0.348. The third-order valence-corrected chi connectivity index (χ3v) is 7.91. The predicted molar refractivity (Wildman–Crippen MR) is 120 cm³/mol. The van der Waals surface area contributed by atoms with E-state index in [2.05, 4.69) is 6.92 Å². The molecule has 0 aliphatic carbocycles. The highest BCUT2D eigenvalue weighted by Crippen LogP contribution is 2.26. The lowest BCUT2D eigenvalue weighted by molar-refractivity contribution is -0.132. The molecule has 0 spiro atoms. The molecule has 5 nitrogen and oxygen atoms in total. The van der Waals surface area contributed by atoms with Crippen LogP contribution in [0.3, 0.4) is 0 Å². The van der Waals surface area contributed by atoms with Gasteiger partial charge in [0.2, 0.25) is 15.9 Å². The number of piperidine rings is 1. The van der Waals surface area contributed by atoms with E-state index in [1.54, 1.807) is 23.1 Å². The van der Waals surface area contributed by atoms with Gasteiger partial charge in [-0.2, -0.15) is 4.31 Å². The lowest BCUT2D eigenvalue weighted by Crippen LogP contribution is -2.45. The number of hydrogen-bond acceptors (Lipinski definition) is 3. The minimum atomic E-state index is -3.95. The van der Waals surface area contributed by atoms with E-state index >= 15 is 0 Å². The van der Waals surface area contributed by atoms with E-state index in [0.717, 1.165) is 17.1 Å². The molecule has 162 valence electrons. The lowest BCUT2D eigenvalue weighted by Gasteiger charge is -2.32. The van der Waals surface area contributed by atoms with Crippen LogP contribution in [-0.2, 0) is 21.4 Å². The van der Waals surface area contributed by atoms with Crippen LogP contribution in [0.2, 0.25) is 15.1 Å². The van der Waals surface area contributed by atoms with E-state index in [1.165, 1.54) is 24.3 Å². The van der Waals surface area contributed by atoms with Crippen LogP contribution in [0, 0.1) is 5.92 Å². The van der Waals surface area contributed by atoms with Gasteiger partial charge in [-0.3, -0.25) is 4.79 Å². The number of carbonyl (C=O) groups is 1. The molecule has 0 aromatic heterocycles. The van der Waals surface area contributed by atoms with Gasteiger partial charge in [0.25, 0.3) is 0 Å². The number of rotatable bonds is 6. The van der Waals surface area contributed by atoms with Crippen molar-refractivity contribution in [3.63, 3.8) is 0 Å². The molecule has 0 atom stereocenters. The maximum absolute atomic E-state index is 13.3. The second kappa shape index (κ2) is 9.88. The highest BCUT2D eigenvalue weighted by atomic mass is 35.5. The molecule has 0 unspecified atom stereocenters.